The zero-order valence-electron chi connectivity index (χ0n) is 13.0. The zero-order chi connectivity index (χ0) is 16.7. The summed E-state index contributed by atoms with van der Waals surface area (Å²) in [5, 5.41) is 2.98. The molecule has 2 rings (SSSR count). The monoisotopic (exact) mass is 349 g/mol. The van der Waals surface area contributed by atoms with Gasteiger partial charge in [0.15, 0.2) is 0 Å². The maximum absolute atomic E-state index is 11.5. The van der Waals surface area contributed by atoms with Crippen LogP contribution in [0.25, 0.3) is 0 Å². The molecule has 0 fully saturated rings. The highest BCUT2D eigenvalue weighted by atomic mass is 32.2. The summed E-state index contributed by atoms with van der Waals surface area (Å²) in [7, 11) is -3.41. The van der Waals surface area contributed by atoms with Crippen LogP contribution in [0.3, 0.4) is 0 Å². The molecule has 23 heavy (non-hydrogen) atoms. The van der Waals surface area contributed by atoms with Crippen molar-refractivity contribution in [3.63, 3.8) is 0 Å². The Kier molecular flexibility index (Phi) is 6.06. The molecule has 2 N–H and O–H groups in total. The van der Waals surface area contributed by atoms with Gasteiger partial charge in [0.25, 0.3) is 0 Å². The van der Waals surface area contributed by atoms with E-state index in [1.807, 2.05) is 60.9 Å². The minimum atomic E-state index is -3.41. The van der Waals surface area contributed by atoms with E-state index in [0.29, 0.717) is 6.54 Å². The highest BCUT2D eigenvalue weighted by molar-refractivity contribution is 7.98. The summed E-state index contributed by atoms with van der Waals surface area (Å²) in [6, 6.07) is 17.3. The number of rotatable bonds is 5. The van der Waals surface area contributed by atoms with Crippen molar-refractivity contribution in [2.75, 3.05) is 17.8 Å². The van der Waals surface area contributed by atoms with Gasteiger partial charge in [0.1, 0.15) is 0 Å². The number of thioether (sulfide) groups is 1. The lowest BCUT2D eigenvalue weighted by atomic mass is 10.2. The third kappa shape index (κ3) is 6.33. The molecular weight excluding hydrogens is 330 g/mol. The highest BCUT2D eigenvalue weighted by Crippen LogP contribution is 2.15. The van der Waals surface area contributed by atoms with E-state index in [1.165, 1.54) is 4.90 Å². The van der Waals surface area contributed by atoms with Gasteiger partial charge in [-0.25, -0.2) is 13.4 Å². The SMILES string of the molecule is CSc1ccc(CN=C(Nc2ccccc2)NS(C)(=O)=O)cc1. The molecule has 0 atom stereocenters. The summed E-state index contributed by atoms with van der Waals surface area (Å²) in [6.45, 7) is 0.381. The van der Waals surface area contributed by atoms with Crippen LogP contribution in [0.5, 0.6) is 0 Å². The van der Waals surface area contributed by atoms with Crippen molar-refractivity contribution in [2.45, 2.75) is 11.4 Å². The second-order valence-corrected chi connectivity index (χ2v) is 7.51. The van der Waals surface area contributed by atoms with Gasteiger partial charge in [-0.15, -0.1) is 11.8 Å². The van der Waals surface area contributed by atoms with Crippen LogP contribution in [0.4, 0.5) is 5.69 Å². The van der Waals surface area contributed by atoms with E-state index in [0.717, 1.165) is 17.5 Å². The summed E-state index contributed by atoms with van der Waals surface area (Å²) >= 11 is 1.67. The fourth-order valence-corrected chi connectivity index (χ4v) is 2.71. The molecule has 122 valence electrons. The van der Waals surface area contributed by atoms with E-state index in [4.69, 9.17) is 0 Å². The molecule has 0 aliphatic heterocycles. The van der Waals surface area contributed by atoms with Crippen LogP contribution in [0.2, 0.25) is 0 Å². The van der Waals surface area contributed by atoms with Crippen molar-refractivity contribution in [2.24, 2.45) is 4.99 Å². The standard InChI is InChI=1S/C16H19N3O2S2/c1-22-15-10-8-13(9-11-15)12-17-16(19-23(2,20)21)18-14-6-4-3-5-7-14/h3-11H,12H2,1-2H3,(H2,17,18,19). The molecule has 0 unspecified atom stereocenters. The molecule has 0 saturated heterocycles. The summed E-state index contributed by atoms with van der Waals surface area (Å²) in [6.07, 6.45) is 3.12. The quantitative estimate of drug-likeness (QED) is 0.495. The van der Waals surface area contributed by atoms with Crippen molar-refractivity contribution in [1.82, 2.24) is 4.72 Å². The molecule has 0 amide bonds. The van der Waals surface area contributed by atoms with Crippen molar-refractivity contribution in [1.29, 1.82) is 0 Å². The van der Waals surface area contributed by atoms with Crippen LogP contribution in [-0.2, 0) is 16.6 Å². The predicted octanol–water partition coefficient (Wildman–Crippen LogP) is 2.93. The summed E-state index contributed by atoms with van der Waals surface area (Å²) in [4.78, 5) is 5.51. The van der Waals surface area contributed by atoms with Crippen molar-refractivity contribution in [3.8, 4) is 0 Å². The smallest absolute Gasteiger partial charge is 0.232 e. The highest BCUT2D eigenvalue weighted by Gasteiger charge is 2.07. The molecule has 0 aromatic heterocycles. The molecule has 5 nitrogen and oxygen atoms in total. The maximum atomic E-state index is 11.5. The Morgan fingerprint density at radius 1 is 1.09 bits per heavy atom. The van der Waals surface area contributed by atoms with Crippen LogP contribution in [-0.4, -0.2) is 26.9 Å². The average Bonchev–Trinajstić information content (AvgIpc) is 2.53. The number of hydrogen-bond acceptors (Lipinski definition) is 4. The molecule has 2 aromatic rings. The first-order chi connectivity index (χ1) is 11.0. The number of anilines is 1. The van der Waals surface area contributed by atoms with Gasteiger partial charge in [-0.2, -0.15) is 0 Å². The number of aliphatic imine (C=N–C) groups is 1. The minimum Gasteiger partial charge on any atom is -0.326 e. The Morgan fingerprint density at radius 2 is 1.74 bits per heavy atom. The lowest BCUT2D eigenvalue weighted by Gasteiger charge is -2.11. The average molecular weight is 349 g/mol. The van der Waals surface area contributed by atoms with Gasteiger partial charge in [-0.05, 0) is 36.1 Å². The fourth-order valence-electron chi connectivity index (χ4n) is 1.83. The van der Waals surface area contributed by atoms with E-state index in [2.05, 4.69) is 15.0 Å². The normalized spacial score (nSPS) is 12.0. The first-order valence-corrected chi connectivity index (χ1v) is 10.0. The fraction of sp³-hybridized carbons (Fsp3) is 0.188. The van der Waals surface area contributed by atoms with Gasteiger partial charge in [0, 0.05) is 10.6 Å². The van der Waals surface area contributed by atoms with Crippen molar-refractivity contribution < 1.29 is 8.42 Å². The molecular formula is C16H19N3O2S2. The molecule has 0 aliphatic rings. The van der Waals surface area contributed by atoms with E-state index < -0.39 is 10.0 Å². The molecule has 0 bridgehead atoms. The third-order valence-corrected chi connectivity index (χ3v) is 4.21. The molecule has 0 radical (unpaired) electrons. The van der Waals surface area contributed by atoms with Crippen molar-refractivity contribution in [3.05, 3.63) is 60.2 Å². The topological polar surface area (TPSA) is 70.6 Å². The molecule has 0 aliphatic carbocycles. The van der Waals surface area contributed by atoms with Crippen LogP contribution < -0.4 is 10.0 Å². The van der Waals surface area contributed by atoms with Gasteiger partial charge >= 0.3 is 0 Å². The zero-order valence-corrected chi connectivity index (χ0v) is 14.6. The minimum absolute atomic E-state index is 0.202. The second-order valence-electron chi connectivity index (χ2n) is 4.88. The number of para-hydroxylation sites is 1. The Hall–Kier alpha value is -1.99. The first-order valence-electron chi connectivity index (χ1n) is 6.93. The predicted molar refractivity (Wildman–Crippen MR) is 97.4 cm³/mol. The van der Waals surface area contributed by atoms with Crippen molar-refractivity contribution >= 4 is 33.4 Å². The molecule has 0 heterocycles. The lowest BCUT2D eigenvalue weighted by molar-refractivity contribution is 0.598. The van der Waals surface area contributed by atoms with E-state index in [9.17, 15) is 8.42 Å². The van der Waals surface area contributed by atoms with E-state index in [1.54, 1.807) is 11.8 Å². The second kappa shape index (κ2) is 8.03. The summed E-state index contributed by atoms with van der Waals surface area (Å²) < 4.78 is 25.4. The number of guanidine groups is 1. The van der Waals surface area contributed by atoms with Crippen LogP contribution in [0, 0.1) is 0 Å². The van der Waals surface area contributed by atoms with Crippen LogP contribution in [0.1, 0.15) is 5.56 Å². The molecule has 0 spiro atoms. The number of nitrogens with one attached hydrogen (secondary N) is 2. The van der Waals surface area contributed by atoms with Gasteiger partial charge in [-0.1, -0.05) is 30.3 Å². The molecule has 0 saturated carbocycles. The van der Waals surface area contributed by atoms with Crippen LogP contribution >= 0.6 is 11.8 Å². The summed E-state index contributed by atoms with van der Waals surface area (Å²) in [5.41, 5.74) is 1.77. The largest absolute Gasteiger partial charge is 0.326 e. The Labute approximate surface area is 141 Å². The maximum Gasteiger partial charge on any atom is 0.232 e. The third-order valence-electron chi connectivity index (χ3n) is 2.90. The first kappa shape index (κ1) is 17.4. The number of sulfonamides is 1. The van der Waals surface area contributed by atoms with Gasteiger partial charge in [0.05, 0.1) is 12.8 Å². The Morgan fingerprint density at radius 3 is 2.30 bits per heavy atom. The van der Waals surface area contributed by atoms with Gasteiger partial charge in [-0.3, -0.25) is 4.72 Å². The Balaban J connectivity index is 2.14. The van der Waals surface area contributed by atoms with Gasteiger partial charge < -0.3 is 5.32 Å². The number of hydrogen-bond donors (Lipinski definition) is 2. The van der Waals surface area contributed by atoms with E-state index >= 15 is 0 Å². The van der Waals surface area contributed by atoms with Crippen LogP contribution in [0.15, 0.2) is 64.5 Å². The Bertz CT molecular complexity index is 758. The number of benzene rings is 2. The summed E-state index contributed by atoms with van der Waals surface area (Å²) in [5.74, 6) is 0.202. The molecule has 7 heteroatoms. The van der Waals surface area contributed by atoms with E-state index in [-0.39, 0.29) is 5.96 Å². The lowest BCUT2D eigenvalue weighted by Crippen LogP contribution is -2.35. The number of nitrogens with zero attached hydrogens (tertiary/aromatic N) is 1. The molecule has 2 aromatic carbocycles. The van der Waals surface area contributed by atoms with Gasteiger partial charge in [0.2, 0.25) is 16.0 Å².